The van der Waals surface area contributed by atoms with Gasteiger partial charge in [-0.2, -0.15) is 0 Å². The van der Waals surface area contributed by atoms with E-state index in [9.17, 15) is 0 Å². The molecule has 0 unspecified atom stereocenters. The molecule has 0 amide bonds. The summed E-state index contributed by atoms with van der Waals surface area (Å²) in [6.45, 7) is 11.3. The lowest BCUT2D eigenvalue weighted by molar-refractivity contribution is 0.332. The van der Waals surface area contributed by atoms with Crippen LogP contribution < -0.4 is 5.32 Å². The van der Waals surface area contributed by atoms with Gasteiger partial charge in [-0.15, -0.1) is 11.3 Å². The minimum Gasteiger partial charge on any atom is -0.316 e. The second kappa shape index (κ2) is 6.18. The molecule has 0 atom stereocenters. The molecular formula is C13H22BrNS. The van der Waals surface area contributed by atoms with Gasteiger partial charge >= 0.3 is 0 Å². The Bertz CT molecular complexity index is 317. The van der Waals surface area contributed by atoms with Crippen LogP contribution in [0.4, 0.5) is 0 Å². The number of hydrogen-bond acceptors (Lipinski definition) is 2. The minimum absolute atomic E-state index is 0.322. The minimum atomic E-state index is 0.322. The summed E-state index contributed by atoms with van der Waals surface area (Å²) >= 11 is 5.44. The van der Waals surface area contributed by atoms with E-state index < -0.39 is 0 Å². The fraction of sp³-hybridized carbons (Fsp3) is 0.692. The summed E-state index contributed by atoms with van der Waals surface area (Å²) in [5, 5.41) is 5.70. The molecule has 0 bridgehead atoms. The Balaban J connectivity index is 2.42. The zero-order valence-electron chi connectivity index (χ0n) is 10.6. The van der Waals surface area contributed by atoms with Crippen molar-refractivity contribution in [1.29, 1.82) is 0 Å². The first-order valence-corrected chi connectivity index (χ1v) is 7.50. The normalized spacial score (nSPS) is 12.4. The van der Waals surface area contributed by atoms with Crippen LogP contribution in [0.1, 0.15) is 32.6 Å². The second-order valence-corrected chi connectivity index (χ2v) is 7.41. The molecule has 1 aromatic rings. The zero-order valence-corrected chi connectivity index (χ0v) is 13.0. The summed E-state index contributed by atoms with van der Waals surface area (Å²) in [6, 6.07) is 2.14. The molecular weight excluding hydrogens is 282 g/mol. The highest BCUT2D eigenvalue weighted by Gasteiger charge is 2.20. The van der Waals surface area contributed by atoms with Gasteiger partial charge in [-0.1, -0.05) is 27.7 Å². The van der Waals surface area contributed by atoms with E-state index >= 15 is 0 Å². The third-order valence-electron chi connectivity index (χ3n) is 2.49. The van der Waals surface area contributed by atoms with Crippen molar-refractivity contribution in [3.05, 3.63) is 20.8 Å². The molecule has 0 saturated heterocycles. The summed E-state index contributed by atoms with van der Waals surface area (Å²) in [6.07, 6.45) is 1.14. The molecule has 3 heteroatoms. The summed E-state index contributed by atoms with van der Waals surface area (Å²) < 4.78 is 1.26. The number of hydrogen-bond donors (Lipinski definition) is 1. The van der Waals surface area contributed by atoms with Crippen LogP contribution in [0.5, 0.6) is 0 Å². The molecule has 92 valence electrons. The monoisotopic (exact) mass is 303 g/mol. The van der Waals surface area contributed by atoms with Crippen LogP contribution in [0.2, 0.25) is 0 Å². The fourth-order valence-electron chi connectivity index (χ4n) is 1.65. The Hall–Kier alpha value is 0.140. The average molecular weight is 304 g/mol. The van der Waals surface area contributed by atoms with Crippen molar-refractivity contribution in [3.8, 4) is 0 Å². The van der Waals surface area contributed by atoms with Crippen molar-refractivity contribution in [2.24, 2.45) is 11.3 Å². The van der Waals surface area contributed by atoms with Gasteiger partial charge in [0.2, 0.25) is 0 Å². The molecule has 1 nitrogen and oxygen atoms in total. The van der Waals surface area contributed by atoms with Gasteiger partial charge in [0.1, 0.15) is 0 Å². The van der Waals surface area contributed by atoms with Gasteiger partial charge in [0.25, 0.3) is 0 Å². The van der Waals surface area contributed by atoms with Crippen LogP contribution in [0, 0.1) is 11.3 Å². The maximum absolute atomic E-state index is 3.60. The molecule has 1 heterocycles. The molecule has 0 spiro atoms. The SMILES string of the molecule is CC(C)CNCC(C)(C)Cc1sccc1Br. The Morgan fingerprint density at radius 1 is 1.44 bits per heavy atom. The molecule has 1 N–H and O–H groups in total. The second-order valence-electron chi connectivity index (χ2n) is 5.56. The van der Waals surface area contributed by atoms with Crippen molar-refractivity contribution in [2.75, 3.05) is 13.1 Å². The topological polar surface area (TPSA) is 12.0 Å². The number of thiophene rings is 1. The molecule has 16 heavy (non-hydrogen) atoms. The van der Waals surface area contributed by atoms with Gasteiger partial charge in [-0.3, -0.25) is 0 Å². The van der Waals surface area contributed by atoms with E-state index in [2.05, 4.69) is 60.4 Å². The van der Waals surface area contributed by atoms with Gasteiger partial charge in [0.15, 0.2) is 0 Å². The van der Waals surface area contributed by atoms with Gasteiger partial charge < -0.3 is 5.32 Å². The van der Waals surface area contributed by atoms with Crippen LogP contribution in [0.15, 0.2) is 15.9 Å². The number of halogens is 1. The van der Waals surface area contributed by atoms with E-state index in [4.69, 9.17) is 0 Å². The maximum atomic E-state index is 3.60. The Kier molecular flexibility index (Phi) is 5.48. The lowest BCUT2D eigenvalue weighted by atomic mass is 9.88. The van der Waals surface area contributed by atoms with Crippen LogP contribution in [0.3, 0.4) is 0 Å². The van der Waals surface area contributed by atoms with Crippen molar-refractivity contribution in [3.63, 3.8) is 0 Å². The Morgan fingerprint density at radius 3 is 2.62 bits per heavy atom. The van der Waals surface area contributed by atoms with Crippen molar-refractivity contribution < 1.29 is 0 Å². The lowest BCUT2D eigenvalue weighted by Crippen LogP contribution is -2.33. The molecule has 1 aromatic heterocycles. The fourth-order valence-corrected chi connectivity index (χ4v) is 3.40. The Morgan fingerprint density at radius 2 is 2.12 bits per heavy atom. The van der Waals surface area contributed by atoms with Gasteiger partial charge in [0, 0.05) is 15.9 Å². The third-order valence-corrected chi connectivity index (χ3v) is 4.41. The summed E-state index contributed by atoms with van der Waals surface area (Å²) in [5.41, 5.74) is 0.322. The third kappa shape index (κ3) is 4.98. The summed E-state index contributed by atoms with van der Waals surface area (Å²) in [5.74, 6) is 0.726. The van der Waals surface area contributed by atoms with E-state index in [1.54, 1.807) is 0 Å². The standard InChI is InChI=1S/C13H22BrNS/c1-10(2)8-15-9-13(3,4)7-12-11(14)5-6-16-12/h5-6,10,15H,7-9H2,1-4H3. The van der Waals surface area contributed by atoms with Gasteiger partial charge in [-0.05, 0) is 51.7 Å². The first-order chi connectivity index (χ1) is 7.41. The first-order valence-electron chi connectivity index (χ1n) is 5.83. The maximum Gasteiger partial charge on any atom is 0.0314 e. The van der Waals surface area contributed by atoms with E-state index in [0.717, 1.165) is 25.4 Å². The van der Waals surface area contributed by atoms with Crippen LogP contribution in [-0.2, 0) is 6.42 Å². The van der Waals surface area contributed by atoms with E-state index in [1.807, 2.05) is 11.3 Å². The molecule has 1 rings (SSSR count). The largest absolute Gasteiger partial charge is 0.316 e. The Labute approximate surface area is 112 Å². The quantitative estimate of drug-likeness (QED) is 0.825. The summed E-state index contributed by atoms with van der Waals surface area (Å²) in [4.78, 5) is 1.45. The van der Waals surface area contributed by atoms with Crippen molar-refractivity contribution >= 4 is 27.3 Å². The van der Waals surface area contributed by atoms with Crippen molar-refractivity contribution in [2.45, 2.75) is 34.1 Å². The van der Waals surface area contributed by atoms with Crippen molar-refractivity contribution in [1.82, 2.24) is 5.32 Å². The molecule has 0 radical (unpaired) electrons. The van der Waals surface area contributed by atoms with E-state index in [0.29, 0.717) is 5.41 Å². The first kappa shape index (κ1) is 14.2. The van der Waals surface area contributed by atoms with E-state index in [-0.39, 0.29) is 0 Å². The van der Waals surface area contributed by atoms with Crippen LogP contribution in [0.25, 0.3) is 0 Å². The number of nitrogens with one attached hydrogen (secondary N) is 1. The van der Waals surface area contributed by atoms with Gasteiger partial charge in [0.05, 0.1) is 0 Å². The van der Waals surface area contributed by atoms with E-state index in [1.165, 1.54) is 9.35 Å². The number of rotatable bonds is 6. The average Bonchev–Trinajstić information content (AvgIpc) is 2.50. The van der Waals surface area contributed by atoms with Crippen LogP contribution in [-0.4, -0.2) is 13.1 Å². The smallest absolute Gasteiger partial charge is 0.0314 e. The predicted molar refractivity (Wildman–Crippen MR) is 77.2 cm³/mol. The van der Waals surface area contributed by atoms with Crippen LogP contribution >= 0.6 is 27.3 Å². The highest BCUT2D eigenvalue weighted by Crippen LogP contribution is 2.30. The zero-order chi connectivity index (χ0) is 12.2. The highest BCUT2D eigenvalue weighted by atomic mass is 79.9. The molecule has 0 aromatic carbocycles. The molecule has 0 aliphatic rings. The lowest BCUT2D eigenvalue weighted by Gasteiger charge is -2.25. The molecule has 0 saturated carbocycles. The molecule has 0 aliphatic heterocycles. The predicted octanol–water partition coefficient (Wildman–Crippen LogP) is 4.32. The molecule has 0 aliphatic carbocycles. The van der Waals surface area contributed by atoms with Gasteiger partial charge in [-0.25, -0.2) is 0 Å². The highest BCUT2D eigenvalue weighted by molar-refractivity contribution is 9.10. The molecule has 0 fully saturated rings. The summed E-state index contributed by atoms with van der Waals surface area (Å²) in [7, 11) is 0.